The first-order valence-corrected chi connectivity index (χ1v) is 9.73. The van der Waals surface area contributed by atoms with Gasteiger partial charge in [0, 0.05) is 0 Å². The lowest BCUT2D eigenvalue weighted by Gasteiger charge is -2.42. The Labute approximate surface area is 162 Å². The summed E-state index contributed by atoms with van der Waals surface area (Å²) in [4.78, 5) is 11.1. The van der Waals surface area contributed by atoms with E-state index in [9.17, 15) is 4.79 Å². The molecule has 0 spiro atoms. The Morgan fingerprint density at radius 1 is 1.00 bits per heavy atom. The number of aliphatic carboxylic acids is 1. The summed E-state index contributed by atoms with van der Waals surface area (Å²) in [5, 5.41) is 9.16. The van der Waals surface area contributed by atoms with E-state index in [4.69, 9.17) is 5.11 Å². The fourth-order valence-corrected chi connectivity index (χ4v) is 4.15. The predicted octanol–water partition coefficient (Wildman–Crippen LogP) is 6.22. The number of benzene rings is 2. The van der Waals surface area contributed by atoms with Gasteiger partial charge in [-0.15, -0.1) is 0 Å². The van der Waals surface area contributed by atoms with Crippen molar-refractivity contribution in [1.82, 2.24) is 0 Å². The van der Waals surface area contributed by atoms with Gasteiger partial charge in [0.05, 0.1) is 6.42 Å². The Hall–Kier alpha value is -2.35. The van der Waals surface area contributed by atoms with Crippen molar-refractivity contribution in [3.63, 3.8) is 0 Å². The summed E-state index contributed by atoms with van der Waals surface area (Å²) in [7, 11) is 0. The fourth-order valence-electron chi connectivity index (χ4n) is 4.15. The van der Waals surface area contributed by atoms with E-state index in [2.05, 4.69) is 58.9 Å². The van der Waals surface area contributed by atoms with Crippen LogP contribution in [-0.4, -0.2) is 11.1 Å². The second-order valence-electron chi connectivity index (χ2n) is 9.12. The summed E-state index contributed by atoms with van der Waals surface area (Å²) in [6.45, 7) is 11.5. The molecule has 0 saturated heterocycles. The van der Waals surface area contributed by atoms with E-state index in [1.165, 1.54) is 29.5 Å². The highest BCUT2D eigenvalue weighted by atomic mass is 16.4. The third-order valence-electron chi connectivity index (χ3n) is 6.08. The number of fused-ring (bicyclic) bond motifs is 1. The van der Waals surface area contributed by atoms with Gasteiger partial charge in [0.15, 0.2) is 0 Å². The average molecular weight is 363 g/mol. The van der Waals surface area contributed by atoms with Gasteiger partial charge in [-0.3, -0.25) is 4.79 Å². The molecule has 0 atom stereocenters. The summed E-state index contributed by atoms with van der Waals surface area (Å²) < 4.78 is 0. The summed E-state index contributed by atoms with van der Waals surface area (Å²) in [6.07, 6.45) is 4.57. The average Bonchev–Trinajstić information content (AvgIpc) is 2.60. The summed E-state index contributed by atoms with van der Waals surface area (Å²) in [5.74, 6) is -0.800. The zero-order valence-corrected chi connectivity index (χ0v) is 17.1. The van der Waals surface area contributed by atoms with Gasteiger partial charge >= 0.3 is 5.97 Å². The molecule has 1 N–H and O–H groups in total. The maximum Gasteiger partial charge on any atom is 0.307 e. The quantitative estimate of drug-likeness (QED) is 0.655. The Morgan fingerprint density at radius 3 is 2.30 bits per heavy atom. The van der Waals surface area contributed by atoms with Crippen LogP contribution < -0.4 is 0 Å². The van der Waals surface area contributed by atoms with Crippen molar-refractivity contribution in [3.05, 3.63) is 70.3 Å². The first-order chi connectivity index (χ1) is 12.6. The highest BCUT2D eigenvalue weighted by Crippen LogP contribution is 2.46. The minimum atomic E-state index is -0.800. The summed E-state index contributed by atoms with van der Waals surface area (Å²) >= 11 is 0. The van der Waals surface area contributed by atoms with Crippen LogP contribution in [0.2, 0.25) is 0 Å². The molecule has 0 bridgehead atoms. The van der Waals surface area contributed by atoms with Gasteiger partial charge in [0.2, 0.25) is 0 Å². The van der Waals surface area contributed by atoms with Crippen LogP contribution in [0.15, 0.2) is 42.5 Å². The van der Waals surface area contributed by atoms with Gasteiger partial charge in [0.25, 0.3) is 0 Å². The topological polar surface area (TPSA) is 37.3 Å². The number of carbonyl (C=O) groups is 1. The second-order valence-corrected chi connectivity index (χ2v) is 9.12. The van der Waals surface area contributed by atoms with Crippen LogP contribution in [-0.2, 0) is 22.0 Å². The number of hydrogen-bond acceptors (Lipinski definition) is 1. The van der Waals surface area contributed by atoms with E-state index in [1.807, 2.05) is 24.3 Å². The molecule has 2 aromatic rings. The molecule has 0 radical (unpaired) electrons. The maximum atomic E-state index is 11.1. The standard InChI is InChI=1S/C25H30O2/c1-17(14-19-8-6-7-9-20(19)16-23(26)27)18-10-11-21-22(15-18)25(4,5)13-12-24(21,2)3/h6-11,14-15H,12-13,16H2,1-5H3,(H,26,27). The molecule has 3 rings (SSSR count). The van der Waals surface area contributed by atoms with E-state index in [0.717, 1.165) is 16.7 Å². The molecule has 0 heterocycles. The van der Waals surface area contributed by atoms with Crippen molar-refractivity contribution in [2.75, 3.05) is 0 Å². The molecule has 1 aliphatic carbocycles. The van der Waals surface area contributed by atoms with Gasteiger partial charge in [-0.1, -0.05) is 76.2 Å². The SMILES string of the molecule is CC(=Cc1ccccc1CC(=O)O)c1ccc2c(c1)C(C)(C)CCC2(C)C. The molecule has 0 fully saturated rings. The number of allylic oxidation sites excluding steroid dienone is 1. The van der Waals surface area contributed by atoms with E-state index >= 15 is 0 Å². The molecule has 2 aromatic carbocycles. The number of hydrogen-bond donors (Lipinski definition) is 1. The first kappa shape index (κ1) is 19.4. The smallest absolute Gasteiger partial charge is 0.307 e. The van der Waals surface area contributed by atoms with Crippen molar-refractivity contribution >= 4 is 17.6 Å². The lowest BCUT2D eigenvalue weighted by atomic mass is 9.63. The van der Waals surface area contributed by atoms with Gasteiger partial charge in [0.1, 0.15) is 0 Å². The molecule has 1 aliphatic rings. The molecule has 0 amide bonds. The highest BCUT2D eigenvalue weighted by molar-refractivity contribution is 5.83. The fraction of sp³-hybridized carbons (Fsp3) is 0.400. The minimum absolute atomic E-state index is 0.0470. The van der Waals surface area contributed by atoms with Crippen LogP contribution in [0.25, 0.3) is 11.6 Å². The van der Waals surface area contributed by atoms with Crippen LogP contribution >= 0.6 is 0 Å². The van der Waals surface area contributed by atoms with Crippen molar-refractivity contribution in [3.8, 4) is 0 Å². The molecule has 2 nitrogen and oxygen atoms in total. The number of carboxylic acid groups (broad SMARTS) is 1. The first-order valence-electron chi connectivity index (χ1n) is 9.73. The molecular formula is C25H30O2. The summed E-state index contributed by atoms with van der Waals surface area (Å²) in [6, 6.07) is 14.6. The zero-order valence-electron chi connectivity index (χ0n) is 17.1. The molecule has 0 unspecified atom stereocenters. The maximum absolute atomic E-state index is 11.1. The molecule has 0 aromatic heterocycles. The number of carboxylic acids is 1. The van der Waals surface area contributed by atoms with Crippen molar-refractivity contribution in [1.29, 1.82) is 0 Å². The number of rotatable bonds is 4. The van der Waals surface area contributed by atoms with Crippen LogP contribution in [0.3, 0.4) is 0 Å². The monoisotopic (exact) mass is 362 g/mol. The van der Waals surface area contributed by atoms with Crippen LogP contribution in [0.1, 0.15) is 75.3 Å². The van der Waals surface area contributed by atoms with Gasteiger partial charge < -0.3 is 5.11 Å². The Morgan fingerprint density at radius 2 is 1.63 bits per heavy atom. The van der Waals surface area contributed by atoms with Crippen LogP contribution in [0.5, 0.6) is 0 Å². The molecular weight excluding hydrogens is 332 g/mol. The third-order valence-corrected chi connectivity index (χ3v) is 6.08. The highest BCUT2D eigenvalue weighted by Gasteiger charge is 2.36. The molecule has 27 heavy (non-hydrogen) atoms. The predicted molar refractivity (Wildman–Crippen MR) is 113 cm³/mol. The summed E-state index contributed by atoms with van der Waals surface area (Å²) in [5.41, 5.74) is 7.51. The minimum Gasteiger partial charge on any atom is -0.481 e. The van der Waals surface area contributed by atoms with E-state index in [1.54, 1.807) is 0 Å². The Bertz CT molecular complexity index is 900. The van der Waals surface area contributed by atoms with E-state index in [0.29, 0.717) is 0 Å². The second kappa shape index (κ2) is 6.99. The van der Waals surface area contributed by atoms with Crippen molar-refractivity contribution in [2.24, 2.45) is 0 Å². The van der Waals surface area contributed by atoms with Gasteiger partial charge in [-0.05, 0) is 64.0 Å². The van der Waals surface area contributed by atoms with Crippen molar-refractivity contribution < 1.29 is 9.90 Å². The van der Waals surface area contributed by atoms with Crippen molar-refractivity contribution in [2.45, 2.75) is 64.7 Å². The van der Waals surface area contributed by atoms with Crippen LogP contribution in [0, 0.1) is 0 Å². The van der Waals surface area contributed by atoms with Crippen LogP contribution in [0.4, 0.5) is 0 Å². The zero-order chi connectivity index (χ0) is 19.8. The lowest BCUT2D eigenvalue weighted by Crippen LogP contribution is -2.33. The third kappa shape index (κ3) is 4.00. The molecule has 0 saturated carbocycles. The Balaban J connectivity index is 2.03. The van der Waals surface area contributed by atoms with E-state index in [-0.39, 0.29) is 17.3 Å². The molecule has 142 valence electrons. The normalized spacial score (nSPS) is 18.0. The largest absolute Gasteiger partial charge is 0.481 e. The van der Waals surface area contributed by atoms with Gasteiger partial charge in [-0.2, -0.15) is 0 Å². The molecule has 2 heteroatoms. The Kier molecular flexibility index (Phi) is 5.03. The van der Waals surface area contributed by atoms with E-state index < -0.39 is 5.97 Å². The lowest BCUT2D eigenvalue weighted by molar-refractivity contribution is -0.136. The molecule has 0 aliphatic heterocycles. The van der Waals surface area contributed by atoms with Gasteiger partial charge in [-0.25, -0.2) is 0 Å².